The Bertz CT molecular complexity index is 428. The zero-order valence-corrected chi connectivity index (χ0v) is 14.3. The molecule has 0 spiro atoms. The SMILES string of the molecule is Cc1ccc(C[C@@](CC(C)C)(C2CC2)C(C)(C)C)cc1. The topological polar surface area (TPSA) is 0 Å². The molecule has 0 aromatic heterocycles. The van der Waals surface area contributed by atoms with Crippen LogP contribution in [0.2, 0.25) is 0 Å². The van der Waals surface area contributed by atoms with E-state index in [1.165, 1.54) is 36.8 Å². The number of rotatable bonds is 5. The van der Waals surface area contributed by atoms with Crippen molar-refractivity contribution in [3.05, 3.63) is 35.4 Å². The van der Waals surface area contributed by atoms with E-state index in [1.807, 2.05) is 0 Å². The van der Waals surface area contributed by atoms with Gasteiger partial charge >= 0.3 is 0 Å². The molecule has 0 radical (unpaired) electrons. The summed E-state index contributed by atoms with van der Waals surface area (Å²) in [5.74, 6) is 1.71. The summed E-state index contributed by atoms with van der Waals surface area (Å²) in [7, 11) is 0. The average molecular weight is 272 g/mol. The number of benzene rings is 1. The Morgan fingerprint density at radius 1 is 1.05 bits per heavy atom. The van der Waals surface area contributed by atoms with Gasteiger partial charge in [0, 0.05) is 0 Å². The first kappa shape index (κ1) is 15.6. The first-order chi connectivity index (χ1) is 9.24. The normalized spacial score (nSPS) is 19.1. The molecule has 1 aromatic carbocycles. The van der Waals surface area contributed by atoms with Crippen LogP contribution in [0.15, 0.2) is 24.3 Å². The lowest BCUT2D eigenvalue weighted by Gasteiger charge is -2.47. The molecule has 0 saturated heterocycles. The second-order valence-corrected chi connectivity index (χ2v) is 8.44. The highest BCUT2D eigenvalue weighted by molar-refractivity contribution is 5.24. The van der Waals surface area contributed by atoms with Gasteiger partial charge in [0.15, 0.2) is 0 Å². The van der Waals surface area contributed by atoms with Gasteiger partial charge in [0.25, 0.3) is 0 Å². The maximum Gasteiger partial charge on any atom is -0.0178 e. The van der Waals surface area contributed by atoms with Crippen molar-refractivity contribution in [2.24, 2.45) is 22.7 Å². The van der Waals surface area contributed by atoms with Crippen molar-refractivity contribution in [2.45, 2.75) is 67.2 Å². The summed E-state index contributed by atoms with van der Waals surface area (Å²) in [6.07, 6.45) is 5.49. The second kappa shape index (κ2) is 5.54. The van der Waals surface area contributed by atoms with E-state index in [0.29, 0.717) is 10.8 Å². The summed E-state index contributed by atoms with van der Waals surface area (Å²) < 4.78 is 0. The highest BCUT2D eigenvalue weighted by Gasteiger charge is 2.51. The molecule has 1 atom stereocenters. The van der Waals surface area contributed by atoms with E-state index < -0.39 is 0 Å². The van der Waals surface area contributed by atoms with Gasteiger partial charge in [-0.2, -0.15) is 0 Å². The molecule has 1 fully saturated rings. The fourth-order valence-corrected chi connectivity index (χ4v) is 4.00. The fraction of sp³-hybridized carbons (Fsp3) is 0.700. The van der Waals surface area contributed by atoms with E-state index in [9.17, 15) is 0 Å². The van der Waals surface area contributed by atoms with Crippen molar-refractivity contribution in [1.29, 1.82) is 0 Å². The molecular formula is C20H32. The van der Waals surface area contributed by atoms with Crippen LogP contribution in [0.1, 0.15) is 65.0 Å². The predicted molar refractivity (Wildman–Crippen MR) is 89.0 cm³/mol. The van der Waals surface area contributed by atoms with E-state index in [0.717, 1.165) is 11.8 Å². The van der Waals surface area contributed by atoms with Gasteiger partial charge in [0.1, 0.15) is 0 Å². The molecule has 1 aromatic rings. The van der Waals surface area contributed by atoms with Crippen LogP contribution in [-0.4, -0.2) is 0 Å². The Hall–Kier alpha value is -0.780. The molecule has 1 aliphatic carbocycles. The molecule has 0 nitrogen and oxygen atoms in total. The summed E-state index contributed by atoms with van der Waals surface area (Å²) >= 11 is 0. The highest BCUT2D eigenvalue weighted by atomic mass is 14.6. The molecule has 0 aliphatic heterocycles. The average Bonchev–Trinajstić information content (AvgIpc) is 3.13. The van der Waals surface area contributed by atoms with E-state index in [-0.39, 0.29) is 0 Å². The predicted octanol–water partition coefficient (Wildman–Crippen LogP) is 6.03. The summed E-state index contributed by atoms with van der Waals surface area (Å²) in [5.41, 5.74) is 3.74. The van der Waals surface area contributed by atoms with Crippen LogP contribution < -0.4 is 0 Å². The van der Waals surface area contributed by atoms with Crippen molar-refractivity contribution in [1.82, 2.24) is 0 Å². The lowest BCUT2D eigenvalue weighted by molar-refractivity contribution is 0.0327. The molecule has 0 N–H and O–H groups in total. The molecule has 0 heteroatoms. The quantitative estimate of drug-likeness (QED) is 0.614. The molecule has 1 aliphatic rings. The first-order valence-corrected chi connectivity index (χ1v) is 8.30. The fourth-order valence-electron chi connectivity index (χ4n) is 4.00. The zero-order valence-electron chi connectivity index (χ0n) is 14.3. The third-order valence-electron chi connectivity index (χ3n) is 5.27. The minimum Gasteiger partial charge on any atom is -0.0628 e. The van der Waals surface area contributed by atoms with E-state index in [4.69, 9.17) is 0 Å². The van der Waals surface area contributed by atoms with Crippen LogP contribution in [0.3, 0.4) is 0 Å². The van der Waals surface area contributed by atoms with Crippen LogP contribution in [0.5, 0.6) is 0 Å². The molecule has 0 bridgehead atoms. The van der Waals surface area contributed by atoms with Crippen molar-refractivity contribution < 1.29 is 0 Å². The van der Waals surface area contributed by atoms with Crippen molar-refractivity contribution >= 4 is 0 Å². The Labute approximate surface area is 126 Å². The molecular weight excluding hydrogens is 240 g/mol. The van der Waals surface area contributed by atoms with Crippen LogP contribution in [-0.2, 0) is 6.42 Å². The maximum atomic E-state index is 2.46. The standard InChI is InChI=1S/C20H32/c1-15(2)13-20(18-11-12-18,19(4,5)6)14-17-9-7-16(3)8-10-17/h7-10,15,18H,11-14H2,1-6H3/t20-/m0/s1. The van der Waals surface area contributed by atoms with E-state index in [1.54, 1.807) is 0 Å². The lowest BCUT2D eigenvalue weighted by atomic mass is 9.57. The Morgan fingerprint density at radius 3 is 2.00 bits per heavy atom. The van der Waals surface area contributed by atoms with Gasteiger partial charge in [-0.3, -0.25) is 0 Å². The van der Waals surface area contributed by atoms with Crippen LogP contribution in [0.4, 0.5) is 0 Å². The molecule has 112 valence electrons. The number of hydrogen-bond donors (Lipinski definition) is 0. The van der Waals surface area contributed by atoms with Crippen molar-refractivity contribution in [2.75, 3.05) is 0 Å². The summed E-state index contributed by atoms with van der Waals surface area (Å²) in [5, 5.41) is 0. The molecule has 1 saturated carbocycles. The highest BCUT2D eigenvalue weighted by Crippen LogP contribution is 2.59. The third kappa shape index (κ3) is 3.27. The van der Waals surface area contributed by atoms with Gasteiger partial charge in [0.05, 0.1) is 0 Å². The van der Waals surface area contributed by atoms with Crippen LogP contribution >= 0.6 is 0 Å². The zero-order chi connectivity index (χ0) is 15.0. The first-order valence-electron chi connectivity index (χ1n) is 8.30. The summed E-state index contributed by atoms with van der Waals surface area (Å²) in [4.78, 5) is 0. The summed E-state index contributed by atoms with van der Waals surface area (Å²) in [6.45, 7) is 14.3. The van der Waals surface area contributed by atoms with Crippen molar-refractivity contribution in [3.63, 3.8) is 0 Å². The van der Waals surface area contributed by atoms with Crippen LogP contribution in [0.25, 0.3) is 0 Å². The van der Waals surface area contributed by atoms with Gasteiger partial charge in [-0.1, -0.05) is 64.4 Å². The van der Waals surface area contributed by atoms with E-state index in [2.05, 4.69) is 65.8 Å². The minimum atomic E-state index is 0.378. The number of hydrogen-bond acceptors (Lipinski definition) is 0. The van der Waals surface area contributed by atoms with Gasteiger partial charge in [-0.05, 0) is 60.8 Å². The lowest BCUT2D eigenvalue weighted by Crippen LogP contribution is -2.41. The monoisotopic (exact) mass is 272 g/mol. The van der Waals surface area contributed by atoms with Gasteiger partial charge in [-0.25, -0.2) is 0 Å². The molecule has 0 amide bonds. The van der Waals surface area contributed by atoms with Crippen molar-refractivity contribution in [3.8, 4) is 0 Å². The Balaban J connectivity index is 2.32. The number of aryl methyl sites for hydroxylation is 1. The maximum absolute atomic E-state index is 2.46. The molecule has 20 heavy (non-hydrogen) atoms. The Kier molecular flexibility index (Phi) is 4.33. The van der Waals surface area contributed by atoms with Gasteiger partial charge in [0.2, 0.25) is 0 Å². The third-order valence-corrected chi connectivity index (χ3v) is 5.27. The second-order valence-electron chi connectivity index (χ2n) is 8.44. The smallest absolute Gasteiger partial charge is 0.0178 e. The van der Waals surface area contributed by atoms with Gasteiger partial charge in [-0.15, -0.1) is 0 Å². The molecule has 0 unspecified atom stereocenters. The molecule has 2 rings (SSSR count). The minimum absolute atomic E-state index is 0.378. The summed E-state index contributed by atoms with van der Waals surface area (Å²) in [6, 6.07) is 9.23. The molecule has 0 heterocycles. The largest absolute Gasteiger partial charge is 0.0628 e. The van der Waals surface area contributed by atoms with Crippen LogP contribution in [0, 0.1) is 29.6 Å². The Morgan fingerprint density at radius 2 is 1.60 bits per heavy atom. The van der Waals surface area contributed by atoms with E-state index >= 15 is 0 Å². The van der Waals surface area contributed by atoms with Gasteiger partial charge < -0.3 is 0 Å².